The largest absolute Gasteiger partial charge is 0.378 e. The predicted molar refractivity (Wildman–Crippen MR) is 100 cm³/mol. The Balaban J connectivity index is 1.84. The third kappa shape index (κ3) is 2.89. The summed E-state index contributed by atoms with van der Waals surface area (Å²) in [4.78, 5) is 15.1. The van der Waals surface area contributed by atoms with Gasteiger partial charge in [0.25, 0.3) is 0 Å². The van der Waals surface area contributed by atoms with Crippen molar-refractivity contribution in [3.05, 3.63) is 67.4 Å². The van der Waals surface area contributed by atoms with Gasteiger partial charge in [-0.2, -0.15) is 0 Å². The van der Waals surface area contributed by atoms with Gasteiger partial charge in [-0.25, -0.2) is 4.98 Å². The van der Waals surface area contributed by atoms with E-state index < -0.39 is 0 Å². The van der Waals surface area contributed by atoms with Crippen molar-refractivity contribution in [2.24, 2.45) is 0 Å². The summed E-state index contributed by atoms with van der Waals surface area (Å²) in [5, 5.41) is 3.51. The Kier molecular flexibility index (Phi) is 3.78. The van der Waals surface area contributed by atoms with E-state index >= 15 is 0 Å². The van der Waals surface area contributed by atoms with Crippen LogP contribution in [0.3, 0.4) is 0 Å². The van der Waals surface area contributed by atoms with E-state index in [1.165, 1.54) is 0 Å². The Hall–Kier alpha value is -3.41. The van der Waals surface area contributed by atoms with Crippen LogP contribution in [-0.4, -0.2) is 33.4 Å². The molecule has 6 nitrogen and oxygen atoms in total. The summed E-state index contributed by atoms with van der Waals surface area (Å²) >= 11 is 0. The molecule has 0 aliphatic carbocycles. The maximum atomic E-state index is 4.74. The second-order valence-electron chi connectivity index (χ2n) is 5.92. The van der Waals surface area contributed by atoms with E-state index in [9.17, 15) is 0 Å². The Labute approximate surface area is 145 Å². The molecule has 0 fully saturated rings. The third-order valence-electron chi connectivity index (χ3n) is 4.01. The standard InChI is InChI=1S/C19H18N6/c1-24(2)16-5-3-4-15(12-16)22-19-18(14-6-8-20-9-7-14)23-17-13-21-10-11-25(17)19/h3-13,22H,1-2H3. The molecule has 0 amide bonds. The summed E-state index contributed by atoms with van der Waals surface area (Å²) in [6.45, 7) is 0. The summed E-state index contributed by atoms with van der Waals surface area (Å²) in [5.41, 5.74) is 4.79. The number of rotatable bonds is 4. The number of benzene rings is 1. The molecule has 0 saturated carbocycles. The van der Waals surface area contributed by atoms with Crippen LogP contribution in [0.25, 0.3) is 16.9 Å². The second-order valence-corrected chi connectivity index (χ2v) is 5.92. The Morgan fingerprint density at radius 2 is 1.84 bits per heavy atom. The van der Waals surface area contributed by atoms with Gasteiger partial charge >= 0.3 is 0 Å². The number of imidazole rings is 1. The number of nitrogens with one attached hydrogen (secondary N) is 1. The highest BCUT2D eigenvalue weighted by Gasteiger charge is 2.14. The zero-order valence-corrected chi connectivity index (χ0v) is 14.1. The summed E-state index contributed by atoms with van der Waals surface area (Å²) in [7, 11) is 4.06. The van der Waals surface area contributed by atoms with E-state index in [-0.39, 0.29) is 0 Å². The van der Waals surface area contributed by atoms with Crippen LogP contribution in [0.15, 0.2) is 67.4 Å². The normalized spacial score (nSPS) is 10.8. The van der Waals surface area contributed by atoms with E-state index in [0.29, 0.717) is 0 Å². The molecule has 0 bridgehead atoms. The van der Waals surface area contributed by atoms with Crippen LogP contribution in [0.2, 0.25) is 0 Å². The van der Waals surface area contributed by atoms with Crippen molar-refractivity contribution in [3.63, 3.8) is 0 Å². The lowest BCUT2D eigenvalue weighted by Gasteiger charge is -2.15. The quantitative estimate of drug-likeness (QED) is 0.619. The van der Waals surface area contributed by atoms with Crippen molar-refractivity contribution in [3.8, 4) is 11.3 Å². The predicted octanol–water partition coefficient (Wildman–Crippen LogP) is 3.60. The SMILES string of the molecule is CN(C)c1cccc(Nc2c(-c3ccncc3)nc3cnccn23)c1. The molecule has 1 aromatic carbocycles. The molecular weight excluding hydrogens is 312 g/mol. The maximum Gasteiger partial charge on any atom is 0.157 e. The van der Waals surface area contributed by atoms with E-state index in [0.717, 1.165) is 34.1 Å². The first-order valence-corrected chi connectivity index (χ1v) is 7.99. The Morgan fingerprint density at radius 1 is 1.00 bits per heavy atom. The maximum absolute atomic E-state index is 4.74. The molecular formula is C19H18N6. The van der Waals surface area contributed by atoms with Gasteiger partial charge in [0.2, 0.25) is 0 Å². The van der Waals surface area contributed by atoms with E-state index in [1.54, 1.807) is 24.8 Å². The first-order chi connectivity index (χ1) is 12.2. The van der Waals surface area contributed by atoms with Crippen LogP contribution >= 0.6 is 0 Å². The minimum atomic E-state index is 0.792. The lowest BCUT2D eigenvalue weighted by Crippen LogP contribution is -2.08. The topological polar surface area (TPSA) is 58.3 Å². The number of nitrogens with zero attached hydrogens (tertiary/aromatic N) is 5. The molecule has 1 N–H and O–H groups in total. The molecule has 0 atom stereocenters. The van der Waals surface area contributed by atoms with Crippen molar-refractivity contribution < 1.29 is 0 Å². The van der Waals surface area contributed by atoms with Crippen LogP contribution in [0.5, 0.6) is 0 Å². The molecule has 0 spiro atoms. The van der Waals surface area contributed by atoms with Crippen LogP contribution in [0, 0.1) is 0 Å². The fraction of sp³-hybridized carbons (Fsp3) is 0.105. The summed E-state index contributed by atoms with van der Waals surface area (Å²) in [5.74, 6) is 0.902. The first kappa shape index (κ1) is 15.1. The van der Waals surface area contributed by atoms with E-state index in [1.807, 2.05) is 49.0 Å². The van der Waals surface area contributed by atoms with Crippen molar-refractivity contribution in [1.29, 1.82) is 0 Å². The van der Waals surface area contributed by atoms with Gasteiger partial charge < -0.3 is 10.2 Å². The molecule has 25 heavy (non-hydrogen) atoms. The van der Waals surface area contributed by atoms with Gasteiger partial charge in [-0.05, 0) is 30.3 Å². The Bertz CT molecular complexity index is 1010. The van der Waals surface area contributed by atoms with Crippen LogP contribution in [-0.2, 0) is 0 Å². The summed E-state index contributed by atoms with van der Waals surface area (Å²) < 4.78 is 2.01. The highest BCUT2D eigenvalue weighted by atomic mass is 15.1. The highest BCUT2D eigenvalue weighted by molar-refractivity contribution is 5.79. The molecule has 3 heterocycles. The van der Waals surface area contributed by atoms with Crippen LogP contribution in [0.4, 0.5) is 17.2 Å². The number of anilines is 3. The van der Waals surface area contributed by atoms with Crippen molar-refractivity contribution in [2.45, 2.75) is 0 Å². The Morgan fingerprint density at radius 3 is 2.64 bits per heavy atom. The van der Waals surface area contributed by atoms with E-state index in [4.69, 9.17) is 4.98 Å². The number of fused-ring (bicyclic) bond motifs is 1. The molecule has 0 radical (unpaired) electrons. The molecule has 4 rings (SSSR count). The number of aromatic nitrogens is 4. The second kappa shape index (κ2) is 6.24. The molecule has 0 aliphatic rings. The fourth-order valence-electron chi connectivity index (χ4n) is 2.74. The van der Waals surface area contributed by atoms with Gasteiger partial charge in [0.05, 0.1) is 6.20 Å². The smallest absolute Gasteiger partial charge is 0.157 e. The average Bonchev–Trinajstić information content (AvgIpc) is 3.01. The van der Waals surface area contributed by atoms with Crippen LogP contribution in [0.1, 0.15) is 0 Å². The molecule has 6 heteroatoms. The monoisotopic (exact) mass is 330 g/mol. The van der Waals surface area contributed by atoms with Gasteiger partial charge in [-0.1, -0.05) is 6.07 Å². The number of hydrogen-bond donors (Lipinski definition) is 1. The third-order valence-corrected chi connectivity index (χ3v) is 4.01. The van der Waals surface area contributed by atoms with Gasteiger partial charge in [-0.3, -0.25) is 14.4 Å². The summed E-state index contributed by atoms with van der Waals surface area (Å²) in [6, 6.07) is 12.2. The molecule has 0 saturated heterocycles. The molecule has 4 aromatic rings. The minimum Gasteiger partial charge on any atom is -0.378 e. The number of pyridine rings is 1. The number of hydrogen-bond acceptors (Lipinski definition) is 5. The zero-order valence-electron chi connectivity index (χ0n) is 14.1. The van der Waals surface area contributed by atoms with Crippen molar-refractivity contribution in [1.82, 2.24) is 19.4 Å². The van der Waals surface area contributed by atoms with E-state index in [2.05, 4.69) is 32.3 Å². The van der Waals surface area contributed by atoms with Crippen LogP contribution < -0.4 is 10.2 Å². The minimum absolute atomic E-state index is 0.792. The van der Waals surface area contributed by atoms with Gasteiger partial charge in [-0.15, -0.1) is 0 Å². The van der Waals surface area contributed by atoms with Gasteiger partial charge in [0.15, 0.2) is 5.65 Å². The lowest BCUT2D eigenvalue weighted by molar-refractivity contribution is 1.12. The molecule has 0 unspecified atom stereocenters. The molecule has 124 valence electrons. The highest BCUT2D eigenvalue weighted by Crippen LogP contribution is 2.31. The molecule has 3 aromatic heterocycles. The van der Waals surface area contributed by atoms with Gasteiger partial charge in [0, 0.05) is 55.8 Å². The zero-order chi connectivity index (χ0) is 17.2. The average molecular weight is 330 g/mol. The lowest BCUT2D eigenvalue weighted by atomic mass is 10.2. The first-order valence-electron chi connectivity index (χ1n) is 7.99. The van der Waals surface area contributed by atoms with Crippen molar-refractivity contribution >= 4 is 22.8 Å². The molecule has 0 aliphatic heterocycles. The van der Waals surface area contributed by atoms with Gasteiger partial charge in [0.1, 0.15) is 11.5 Å². The van der Waals surface area contributed by atoms with Crippen molar-refractivity contribution in [2.75, 3.05) is 24.3 Å². The fourth-order valence-corrected chi connectivity index (χ4v) is 2.74. The summed E-state index contributed by atoms with van der Waals surface area (Å²) in [6.07, 6.45) is 8.96.